The zero-order chi connectivity index (χ0) is 15.1. The molecule has 1 aliphatic rings. The Labute approximate surface area is 142 Å². The van der Waals surface area contributed by atoms with E-state index in [1.54, 1.807) is 0 Å². The van der Waals surface area contributed by atoms with Gasteiger partial charge in [0.2, 0.25) is 0 Å². The number of imidazole rings is 1. The first kappa shape index (κ1) is 15.8. The van der Waals surface area contributed by atoms with Crippen LogP contribution in [0.1, 0.15) is 30.5 Å². The smallest absolute Gasteiger partial charge is 0.149 e. The summed E-state index contributed by atoms with van der Waals surface area (Å²) < 4.78 is 2.05. The lowest BCUT2D eigenvalue weighted by Crippen LogP contribution is -2.49. The van der Waals surface area contributed by atoms with Gasteiger partial charge in [-0.1, -0.05) is 37.3 Å². The van der Waals surface area contributed by atoms with Crippen molar-refractivity contribution in [3.05, 3.63) is 66.0 Å². The average molecular weight is 329 g/mol. The standard InChI is InChI=1S/C18H20N4.ClH/c1-2-15-14-8-4-3-7-13(14)11-16(19)22(15)18-12-21-10-6-5-9-17(21)20-18;/h3-10,12,15-16H,2,11,19H2,1H3;1H. The molecule has 2 unspecified atom stereocenters. The van der Waals surface area contributed by atoms with Crippen LogP contribution in [0.15, 0.2) is 54.9 Å². The number of hydrogen-bond donors (Lipinski definition) is 1. The van der Waals surface area contributed by atoms with Crippen LogP contribution in [0.2, 0.25) is 0 Å². The number of aromatic nitrogens is 2. The lowest BCUT2D eigenvalue weighted by atomic mass is 9.89. The second-order valence-corrected chi connectivity index (χ2v) is 5.87. The van der Waals surface area contributed by atoms with Crippen molar-refractivity contribution in [1.82, 2.24) is 9.38 Å². The highest BCUT2D eigenvalue weighted by Gasteiger charge is 2.32. The molecule has 0 aliphatic carbocycles. The van der Waals surface area contributed by atoms with Crippen LogP contribution in [0, 0.1) is 0 Å². The zero-order valence-electron chi connectivity index (χ0n) is 13.1. The van der Waals surface area contributed by atoms with E-state index in [2.05, 4.69) is 46.7 Å². The molecule has 0 amide bonds. The van der Waals surface area contributed by atoms with E-state index in [0.29, 0.717) is 0 Å². The molecule has 2 N–H and O–H groups in total. The fourth-order valence-corrected chi connectivity index (χ4v) is 3.54. The topological polar surface area (TPSA) is 46.6 Å². The van der Waals surface area contributed by atoms with E-state index in [-0.39, 0.29) is 24.6 Å². The Balaban J connectivity index is 0.00000156. The molecule has 120 valence electrons. The highest BCUT2D eigenvalue weighted by atomic mass is 35.5. The van der Waals surface area contributed by atoms with Gasteiger partial charge in [-0.3, -0.25) is 0 Å². The van der Waals surface area contributed by atoms with Gasteiger partial charge in [0.1, 0.15) is 11.5 Å². The molecule has 3 aromatic rings. The SMILES string of the molecule is CCC1c2ccccc2CC(N)N1c1cn2ccccc2n1.Cl. The fourth-order valence-electron chi connectivity index (χ4n) is 3.54. The van der Waals surface area contributed by atoms with Crippen molar-refractivity contribution in [2.75, 3.05) is 4.90 Å². The maximum atomic E-state index is 6.49. The molecule has 3 heterocycles. The van der Waals surface area contributed by atoms with Crippen molar-refractivity contribution in [2.45, 2.75) is 32.0 Å². The molecule has 1 aliphatic heterocycles. The second kappa shape index (κ2) is 6.22. The maximum absolute atomic E-state index is 6.49. The summed E-state index contributed by atoms with van der Waals surface area (Å²) in [5.74, 6) is 0.958. The van der Waals surface area contributed by atoms with Crippen molar-refractivity contribution in [1.29, 1.82) is 0 Å². The molecule has 0 saturated heterocycles. The van der Waals surface area contributed by atoms with Crippen molar-refractivity contribution in [3.8, 4) is 0 Å². The minimum atomic E-state index is -0.0373. The molecule has 2 aromatic heterocycles. The molecule has 0 saturated carbocycles. The number of halogens is 1. The van der Waals surface area contributed by atoms with Crippen molar-refractivity contribution in [2.24, 2.45) is 5.73 Å². The van der Waals surface area contributed by atoms with Crippen LogP contribution in [-0.4, -0.2) is 15.6 Å². The summed E-state index contributed by atoms with van der Waals surface area (Å²) in [7, 11) is 0. The highest BCUT2D eigenvalue weighted by molar-refractivity contribution is 5.85. The third-order valence-corrected chi connectivity index (χ3v) is 4.54. The van der Waals surface area contributed by atoms with E-state index >= 15 is 0 Å². The summed E-state index contributed by atoms with van der Waals surface area (Å²) in [5, 5.41) is 0. The van der Waals surface area contributed by atoms with Crippen LogP contribution in [-0.2, 0) is 6.42 Å². The van der Waals surface area contributed by atoms with E-state index in [0.717, 1.165) is 24.3 Å². The summed E-state index contributed by atoms with van der Waals surface area (Å²) in [5.41, 5.74) is 10.2. The predicted octanol–water partition coefficient (Wildman–Crippen LogP) is 3.55. The van der Waals surface area contributed by atoms with Crippen molar-refractivity contribution in [3.63, 3.8) is 0 Å². The first-order valence-corrected chi connectivity index (χ1v) is 7.83. The van der Waals surface area contributed by atoms with Gasteiger partial charge in [-0.05, 0) is 29.7 Å². The minimum Gasteiger partial charge on any atom is -0.333 e. The first-order chi connectivity index (χ1) is 10.8. The largest absolute Gasteiger partial charge is 0.333 e. The third kappa shape index (κ3) is 2.58. The quantitative estimate of drug-likeness (QED) is 0.782. The van der Waals surface area contributed by atoms with E-state index in [1.807, 2.05) is 24.4 Å². The van der Waals surface area contributed by atoms with Crippen LogP contribution in [0.5, 0.6) is 0 Å². The van der Waals surface area contributed by atoms with Gasteiger partial charge in [-0.2, -0.15) is 0 Å². The average Bonchev–Trinajstić information content (AvgIpc) is 2.96. The van der Waals surface area contributed by atoms with Crippen LogP contribution in [0.25, 0.3) is 5.65 Å². The molecular formula is C18H21ClN4. The number of rotatable bonds is 2. The van der Waals surface area contributed by atoms with Crippen LogP contribution < -0.4 is 10.6 Å². The van der Waals surface area contributed by atoms with Gasteiger partial charge in [0.15, 0.2) is 0 Å². The number of hydrogen-bond acceptors (Lipinski definition) is 3. The summed E-state index contributed by atoms with van der Waals surface area (Å²) in [6.07, 6.45) is 5.94. The Kier molecular flexibility index (Phi) is 4.28. The second-order valence-electron chi connectivity index (χ2n) is 5.87. The summed E-state index contributed by atoms with van der Waals surface area (Å²) in [6.45, 7) is 2.21. The molecule has 0 spiro atoms. The van der Waals surface area contributed by atoms with Gasteiger partial charge in [-0.25, -0.2) is 4.98 Å². The van der Waals surface area contributed by atoms with Crippen LogP contribution in [0.4, 0.5) is 5.82 Å². The minimum absolute atomic E-state index is 0. The number of anilines is 1. The summed E-state index contributed by atoms with van der Waals surface area (Å²) >= 11 is 0. The van der Waals surface area contributed by atoms with E-state index in [1.165, 1.54) is 11.1 Å². The molecule has 2 atom stereocenters. The fraction of sp³-hybridized carbons (Fsp3) is 0.278. The van der Waals surface area contributed by atoms with Gasteiger partial charge in [0.05, 0.1) is 18.4 Å². The lowest BCUT2D eigenvalue weighted by molar-refractivity contribution is 0.474. The predicted molar refractivity (Wildman–Crippen MR) is 96.1 cm³/mol. The molecule has 0 bridgehead atoms. The Morgan fingerprint density at radius 3 is 2.74 bits per heavy atom. The van der Waals surface area contributed by atoms with Crippen molar-refractivity contribution < 1.29 is 0 Å². The Hall–Kier alpha value is -2.04. The number of nitrogens with zero attached hydrogens (tertiary/aromatic N) is 3. The van der Waals surface area contributed by atoms with Gasteiger partial charge < -0.3 is 15.0 Å². The molecule has 1 aromatic carbocycles. The van der Waals surface area contributed by atoms with Gasteiger partial charge in [-0.15, -0.1) is 12.4 Å². The molecule has 23 heavy (non-hydrogen) atoms. The normalized spacial score (nSPS) is 20.2. The molecule has 0 radical (unpaired) electrons. The van der Waals surface area contributed by atoms with Crippen LogP contribution in [0.3, 0.4) is 0 Å². The molecule has 4 nitrogen and oxygen atoms in total. The molecule has 5 heteroatoms. The van der Waals surface area contributed by atoms with E-state index < -0.39 is 0 Å². The van der Waals surface area contributed by atoms with E-state index in [4.69, 9.17) is 10.7 Å². The number of pyridine rings is 1. The zero-order valence-corrected chi connectivity index (χ0v) is 13.9. The monoisotopic (exact) mass is 328 g/mol. The maximum Gasteiger partial charge on any atom is 0.149 e. The third-order valence-electron chi connectivity index (χ3n) is 4.54. The highest BCUT2D eigenvalue weighted by Crippen LogP contribution is 2.37. The first-order valence-electron chi connectivity index (χ1n) is 7.83. The molecular weight excluding hydrogens is 308 g/mol. The lowest BCUT2D eigenvalue weighted by Gasteiger charge is -2.41. The van der Waals surface area contributed by atoms with Crippen LogP contribution >= 0.6 is 12.4 Å². The van der Waals surface area contributed by atoms with Gasteiger partial charge in [0.25, 0.3) is 0 Å². The van der Waals surface area contributed by atoms with Gasteiger partial charge in [0, 0.05) is 12.6 Å². The number of fused-ring (bicyclic) bond motifs is 2. The molecule has 4 rings (SSSR count). The Morgan fingerprint density at radius 1 is 1.17 bits per heavy atom. The van der Waals surface area contributed by atoms with Gasteiger partial charge >= 0.3 is 0 Å². The summed E-state index contributed by atoms with van der Waals surface area (Å²) in [4.78, 5) is 7.04. The van der Waals surface area contributed by atoms with E-state index in [9.17, 15) is 0 Å². The number of nitrogens with two attached hydrogens (primary N) is 1. The van der Waals surface area contributed by atoms with Crippen molar-refractivity contribution >= 4 is 23.9 Å². The number of benzene rings is 1. The molecule has 0 fully saturated rings. The Morgan fingerprint density at radius 2 is 1.96 bits per heavy atom. The Bertz CT molecular complexity index is 780. The summed E-state index contributed by atoms with van der Waals surface area (Å²) in [6, 6.07) is 14.9.